The monoisotopic (exact) mass is 470 g/mol. The van der Waals surface area contributed by atoms with Crippen molar-refractivity contribution in [3.8, 4) is 0 Å². The minimum atomic E-state index is -1.81. The number of unbranched alkanes of at least 4 members (excludes halogenated alkanes) is 1. The van der Waals surface area contributed by atoms with Crippen molar-refractivity contribution in [1.29, 1.82) is 0 Å². The fourth-order valence-corrected chi connectivity index (χ4v) is 6.07. The Bertz CT molecular complexity index is 1050. The number of esters is 1. The molecule has 1 atom stereocenters. The van der Waals surface area contributed by atoms with Gasteiger partial charge in [-0.3, -0.25) is 0 Å². The molecule has 4 nitrogen and oxygen atoms in total. The molecule has 3 aliphatic rings. The van der Waals surface area contributed by atoms with Crippen molar-refractivity contribution in [2.75, 3.05) is 26.2 Å². The molecule has 4 heteroatoms. The fourth-order valence-electron chi connectivity index (χ4n) is 6.07. The van der Waals surface area contributed by atoms with Gasteiger partial charge in [0, 0.05) is 18.8 Å². The normalized spacial score (nSPS) is 23.7. The topological polar surface area (TPSA) is 46.5 Å². The molecule has 0 spiro atoms. The summed E-state index contributed by atoms with van der Waals surface area (Å²) in [7, 11) is 0. The molecule has 0 aliphatic carbocycles. The second kappa shape index (κ2) is 10.3. The first-order valence-corrected chi connectivity index (χ1v) is 13.0. The van der Waals surface area contributed by atoms with Crippen molar-refractivity contribution >= 4 is 5.97 Å². The van der Waals surface area contributed by atoms with E-state index in [2.05, 4.69) is 30.3 Å². The molecular formula is C31H36NO3+. The number of carbonyl (C=O) groups is 1. The molecule has 0 aromatic heterocycles. The van der Waals surface area contributed by atoms with Gasteiger partial charge in [-0.1, -0.05) is 91.0 Å². The molecule has 0 saturated carbocycles. The van der Waals surface area contributed by atoms with E-state index in [0.29, 0.717) is 17.0 Å². The van der Waals surface area contributed by atoms with Crippen LogP contribution in [0.5, 0.6) is 0 Å². The maximum absolute atomic E-state index is 13.7. The van der Waals surface area contributed by atoms with E-state index in [9.17, 15) is 9.90 Å². The predicted molar refractivity (Wildman–Crippen MR) is 138 cm³/mol. The van der Waals surface area contributed by atoms with Crippen LogP contribution in [0.2, 0.25) is 0 Å². The Morgan fingerprint density at radius 3 is 1.94 bits per heavy atom. The van der Waals surface area contributed by atoms with E-state index in [0.717, 1.165) is 36.8 Å². The van der Waals surface area contributed by atoms with Gasteiger partial charge >= 0.3 is 5.97 Å². The molecule has 6 rings (SSSR count). The molecule has 35 heavy (non-hydrogen) atoms. The molecule has 3 fully saturated rings. The first-order valence-electron chi connectivity index (χ1n) is 13.0. The first kappa shape index (κ1) is 23.8. The average Bonchev–Trinajstić information content (AvgIpc) is 2.93. The van der Waals surface area contributed by atoms with Crippen molar-refractivity contribution in [3.05, 3.63) is 108 Å². The number of aliphatic hydroxyl groups is 1. The van der Waals surface area contributed by atoms with E-state index in [-0.39, 0.29) is 6.10 Å². The minimum Gasteiger partial charge on any atom is -0.453 e. The molecule has 182 valence electrons. The summed E-state index contributed by atoms with van der Waals surface area (Å²) >= 11 is 0. The number of fused-ring (bicyclic) bond motifs is 3. The summed E-state index contributed by atoms with van der Waals surface area (Å²) in [5.41, 5.74) is 0.678. The van der Waals surface area contributed by atoms with Crippen LogP contribution in [0, 0.1) is 5.92 Å². The molecule has 1 unspecified atom stereocenters. The molecular weight excluding hydrogens is 434 g/mol. The Hall–Kier alpha value is -2.95. The number of benzene rings is 3. The number of carbonyl (C=O) groups excluding carboxylic acids is 1. The van der Waals surface area contributed by atoms with Crippen molar-refractivity contribution in [3.63, 3.8) is 0 Å². The number of nitrogens with zero attached hydrogens (tertiary/aromatic N) is 1. The van der Waals surface area contributed by atoms with Crippen LogP contribution in [0.3, 0.4) is 0 Å². The molecule has 1 N–H and O–H groups in total. The molecule has 2 bridgehead atoms. The number of ether oxygens (including phenoxy) is 1. The summed E-state index contributed by atoms with van der Waals surface area (Å²) in [6.07, 6.45) is 5.51. The molecule has 3 saturated heterocycles. The number of aryl methyl sites for hydroxylation is 1. The number of hydrogen-bond donors (Lipinski definition) is 1. The summed E-state index contributed by atoms with van der Waals surface area (Å²) < 4.78 is 7.24. The second-order valence-electron chi connectivity index (χ2n) is 10.4. The predicted octanol–water partition coefficient (Wildman–Crippen LogP) is 5.10. The lowest BCUT2D eigenvalue weighted by atomic mass is 9.82. The van der Waals surface area contributed by atoms with E-state index in [1.807, 2.05) is 36.4 Å². The first-order chi connectivity index (χ1) is 17.1. The molecule has 3 heterocycles. The third-order valence-electron chi connectivity index (χ3n) is 8.17. The Morgan fingerprint density at radius 1 is 0.829 bits per heavy atom. The van der Waals surface area contributed by atoms with Crippen LogP contribution >= 0.6 is 0 Å². The summed E-state index contributed by atoms with van der Waals surface area (Å²) in [5, 5.41) is 11.8. The molecule has 3 aliphatic heterocycles. The maximum Gasteiger partial charge on any atom is 0.348 e. The van der Waals surface area contributed by atoms with Gasteiger partial charge in [0.25, 0.3) is 0 Å². The van der Waals surface area contributed by atoms with Crippen LogP contribution < -0.4 is 0 Å². The Balaban J connectivity index is 1.27. The number of quaternary nitrogens is 1. The molecule has 3 aromatic carbocycles. The van der Waals surface area contributed by atoms with E-state index < -0.39 is 11.6 Å². The standard InChI is InChI=1S/C31H36NO3/c33-30(31(34,27-15-6-2-7-16-27)28-17-8-3-9-18-28)35-29-24-32(22-19-26(29)20-23-32)21-11-10-14-25-12-4-1-5-13-25/h1-9,12-13,15-18,26,29,34H,10-11,14,19-24H2/q+1. The van der Waals surface area contributed by atoms with Crippen molar-refractivity contribution in [1.82, 2.24) is 0 Å². The molecule has 3 aromatic rings. The highest BCUT2D eigenvalue weighted by Crippen LogP contribution is 2.38. The third-order valence-corrected chi connectivity index (χ3v) is 8.17. The van der Waals surface area contributed by atoms with E-state index in [4.69, 9.17) is 4.74 Å². The highest BCUT2D eigenvalue weighted by molar-refractivity contribution is 5.85. The van der Waals surface area contributed by atoms with Gasteiger partial charge in [0.2, 0.25) is 5.60 Å². The maximum atomic E-state index is 13.7. The fraction of sp³-hybridized carbons (Fsp3) is 0.387. The largest absolute Gasteiger partial charge is 0.453 e. The van der Waals surface area contributed by atoms with Gasteiger partial charge in [-0.2, -0.15) is 0 Å². The Labute approximate surface area is 208 Å². The van der Waals surface area contributed by atoms with Crippen LogP contribution in [0.15, 0.2) is 91.0 Å². The quantitative estimate of drug-likeness (QED) is 0.269. The number of hydrogen-bond acceptors (Lipinski definition) is 3. The van der Waals surface area contributed by atoms with Gasteiger partial charge in [-0.25, -0.2) is 4.79 Å². The lowest BCUT2D eigenvalue weighted by Crippen LogP contribution is -2.65. The summed E-state index contributed by atoms with van der Waals surface area (Å²) in [4.78, 5) is 13.7. The van der Waals surface area contributed by atoms with Crippen LogP contribution in [0.4, 0.5) is 0 Å². The average molecular weight is 471 g/mol. The van der Waals surface area contributed by atoms with Crippen molar-refractivity contribution < 1.29 is 19.1 Å². The zero-order valence-corrected chi connectivity index (χ0v) is 20.4. The highest BCUT2D eigenvalue weighted by atomic mass is 16.6. The lowest BCUT2D eigenvalue weighted by Gasteiger charge is -2.52. The van der Waals surface area contributed by atoms with Crippen LogP contribution in [-0.2, 0) is 21.6 Å². The third kappa shape index (κ3) is 5.05. The summed E-state index contributed by atoms with van der Waals surface area (Å²) in [5.74, 6) is -0.171. The zero-order valence-electron chi connectivity index (χ0n) is 20.4. The van der Waals surface area contributed by atoms with E-state index in [1.54, 1.807) is 24.3 Å². The number of rotatable bonds is 9. The highest BCUT2D eigenvalue weighted by Gasteiger charge is 2.50. The van der Waals surface area contributed by atoms with E-state index >= 15 is 0 Å². The zero-order chi connectivity index (χ0) is 24.1. The Kier molecular flexibility index (Phi) is 7.03. The summed E-state index contributed by atoms with van der Waals surface area (Å²) in [6, 6.07) is 29.0. The van der Waals surface area contributed by atoms with Crippen molar-refractivity contribution in [2.45, 2.75) is 43.8 Å². The van der Waals surface area contributed by atoms with Crippen LogP contribution in [0.25, 0.3) is 0 Å². The van der Waals surface area contributed by atoms with E-state index in [1.165, 1.54) is 31.5 Å². The van der Waals surface area contributed by atoms with Gasteiger partial charge in [0.05, 0.1) is 19.6 Å². The van der Waals surface area contributed by atoms with Gasteiger partial charge in [0.15, 0.2) is 6.10 Å². The Morgan fingerprint density at radius 2 is 1.37 bits per heavy atom. The molecule has 0 radical (unpaired) electrons. The van der Waals surface area contributed by atoms with Gasteiger partial charge in [-0.15, -0.1) is 0 Å². The second-order valence-corrected chi connectivity index (χ2v) is 10.4. The number of piperidine rings is 3. The van der Waals surface area contributed by atoms with Gasteiger partial charge in [0.1, 0.15) is 6.54 Å². The lowest BCUT2D eigenvalue weighted by molar-refractivity contribution is -0.946. The van der Waals surface area contributed by atoms with Crippen LogP contribution in [0.1, 0.15) is 42.4 Å². The smallest absolute Gasteiger partial charge is 0.348 e. The van der Waals surface area contributed by atoms with Gasteiger partial charge in [-0.05, 0) is 36.0 Å². The van der Waals surface area contributed by atoms with Crippen molar-refractivity contribution in [2.24, 2.45) is 5.92 Å². The SMILES string of the molecule is O=C(OC1C[N+]2(CCCCc3ccccc3)CCC1CC2)C(O)(c1ccccc1)c1ccccc1. The molecule has 0 amide bonds. The minimum absolute atomic E-state index is 0.141. The van der Waals surface area contributed by atoms with Crippen LogP contribution in [-0.4, -0.2) is 47.8 Å². The summed E-state index contributed by atoms with van der Waals surface area (Å²) in [6.45, 7) is 4.34. The van der Waals surface area contributed by atoms with Gasteiger partial charge < -0.3 is 14.3 Å².